The van der Waals surface area contributed by atoms with Gasteiger partial charge < -0.3 is 15.5 Å². The maximum absolute atomic E-state index is 12.8. The van der Waals surface area contributed by atoms with Crippen molar-refractivity contribution in [2.24, 2.45) is 0 Å². The molecular weight excluding hydrogens is 460 g/mol. The normalized spacial score (nSPS) is 11.7. The molecule has 2 amide bonds. The number of carbonyl (C=O) groups is 2. The molecule has 6 nitrogen and oxygen atoms in total. The summed E-state index contributed by atoms with van der Waals surface area (Å²) in [6, 6.07) is 26.7. The van der Waals surface area contributed by atoms with Crippen LogP contribution >= 0.6 is 0 Å². The topological polar surface area (TPSA) is 74.3 Å². The predicted octanol–water partition coefficient (Wildman–Crippen LogP) is 5.23. The first-order chi connectivity index (χ1) is 17.9. The standard InChI is InChI=1S/C31H32N4O2/c1-22(34-31(37)27-13-11-25(12-14-27)26-15-17-32-18-16-26)28-5-4-6-29(19-28)30(36)33-20-23-7-9-24(10-8-23)21-35(2)3/h4-19,22H,20-21H2,1-3H3,(H,33,36)(H,34,37)/t22-/m1/s1. The van der Waals surface area contributed by atoms with Gasteiger partial charge in [-0.1, -0.05) is 48.5 Å². The van der Waals surface area contributed by atoms with Crippen molar-refractivity contribution < 1.29 is 9.59 Å². The SMILES string of the molecule is C[C@@H](NC(=O)c1ccc(-c2ccncc2)cc1)c1cccc(C(=O)NCc2ccc(CN(C)C)cc2)c1. The first kappa shape index (κ1) is 25.8. The van der Waals surface area contributed by atoms with Crippen molar-refractivity contribution in [3.8, 4) is 11.1 Å². The Kier molecular flexibility index (Phi) is 8.44. The van der Waals surface area contributed by atoms with Gasteiger partial charge in [-0.15, -0.1) is 0 Å². The number of aromatic nitrogens is 1. The molecule has 1 aromatic heterocycles. The average Bonchev–Trinajstić information content (AvgIpc) is 2.93. The Morgan fingerprint density at radius 1 is 0.784 bits per heavy atom. The van der Waals surface area contributed by atoms with Gasteiger partial charge in [0.25, 0.3) is 11.8 Å². The highest BCUT2D eigenvalue weighted by Gasteiger charge is 2.14. The molecule has 0 aliphatic rings. The summed E-state index contributed by atoms with van der Waals surface area (Å²) in [5.41, 5.74) is 6.35. The summed E-state index contributed by atoms with van der Waals surface area (Å²) in [5.74, 6) is -0.314. The number of hydrogen-bond acceptors (Lipinski definition) is 4. The molecule has 4 rings (SSSR count). The van der Waals surface area contributed by atoms with Crippen LogP contribution < -0.4 is 10.6 Å². The van der Waals surface area contributed by atoms with Crippen LogP contribution in [0.15, 0.2) is 97.3 Å². The van der Waals surface area contributed by atoms with Gasteiger partial charge in [0.05, 0.1) is 6.04 Å². The zero-order chi connectivity index (χ0) is 26.2. The molecule has 0 aliphatic carbocycles. The minimum atomic E-state index is -0.260. The lowest BCUT2D eigenvalue weighted by molar-refractivity contribution is 0.0937. The van der Waals surface area contributed by atoms with Crippen molar-refractivity contribution >= 4 is 11.8 Å². The number of rotatable bonds is 9. The Morgan fingerprint density at radius 3 is 2.11 bits per heavy atom. The molecule has 1 atom stereocenters. The smallest absolute Gasteiger partial charge is 0.251 e. The van der Waals surface area contributed by atoms with Crippen LogP contribution in [0.4, 0.5) is 0 Å². The third-order valence-corrected chi connectivity index (χ3v) is 6.13. The number of benzene rings is 3. The van der Waals surface area contributed by atoms with Crippen molar-refractivity contribution in [1.82, 2.24) is 20.5 Å². The van der Waals surface area contributed by atoms with E-state index in [1.54, 1.807) is 18.5 Å². The summed E-state index contributed by atoms with van der Waals surface area (Å²) in [7, 11) is 4.08. The van der Waals surface area contributed by atoms with E-state index >= 15 is 0 Å². The number of hydrogen-bond donors (Lipinski definition) is 2. The monoisotopic (exact) mass is 492 g/mol. The summed E-state index contributed by atoms with van der Waals surface area (Å²) in [6.07, 6.45) is 3.49. The molecule has 188 valence electrons. The quantitative estimate of drug-likeness (QED) is 0.336. The van der Waals surface area contributed by atoms with Gasteiger partial charge in [0, 0.05) is 36.6 Å². The first-order valence-electron chi connectivity index (χ1n) is 12.3. The number of amides is 2. The van der Waals surface area contributed by atoms with E-state index in [-0.39, 0.29) is 17.9 Å². The lowest BCUT2D eigenvalue weighted by atomic mass is 10.0. The molecule has 4 aromatic rings. The molecule has 37 heavy (non-hydrogen) atoms. The van der Waals surface area contributed by atoms with E-state index in [9.17, 15) is 9.59 Å². The molecule has 0 saturated heterocycles. The summed E-state index contributed by atoms with van der Waals surface area (Å²) in [5, 5.41) is 6.02. The van der Waals surface area contributed by atoms with Crippen LogP contribution in [0.1, 0.15) is 50.4 Å². The van der Waals surface area contributed by atoms with Crippen LogP contribution in [-0.2, 0) is 13.1 Å². The Bertz CT molecular complexity index is 1330. The van der Waals surface area contributed by atoms with Crippen molar-refractivity contribution in [3.63, 3.8) is 0 Å². The molecule has 2 N–H and O–H groups in total. The molecule has 6 heteroatoms. The predicted molar refractivity (Wildman–Crippen MR) is 147 cm³/mol. The van der Waals surface area contributed by atoms with Gasteiger partial charge in [-0.3, -0.25) is 14.6 Å². The molecule has 0 spiro atoms. The Labute approximate surface area is 218 Å². The Hall–Kier alpha value is -4.29. The highest BCUT2D eigenvalue weighted by atomic mass is 16.2. The van der Waals surface area contributed by atoms with E-state index in [1.165, 1.54) is 5.56 Å². The van der Waals surface area contributed by atoms with Crippen LogP contribution in [0.3, 0.4) is 0 Å². The molecule has 0 saturated carbocycles. The van der Waals surface area contributed by atoms with Crippen LogP contribution in [-0.4, -0.2) is 35.8 Å². The summed E-state index contributed by atoms with van der Waals surface area (Å²) >= 11 is 0. The number of carbonyl (C=O) groups excluding carboxylic acids is 2. The average molecular weight is 493 g/mol. The minimum absolute atomic E-state index is 0.149. The molecule has 0 radical (unpaired) electrons. The fourth-order valence-electron chi connectivity index (χ4n) is 4.08. The second-order valence-corrected chi connectivity index (χ2v) is 9.37. The first-order valence-corrected chi connectivity index (χ1v) is 12.3. The van der Waals surface area contributed by atoms with Gasteiger partial charge in [0.2, 0.25) is 0 Å². The molecule has 0 fully saturated rings. The van der Waals surface area contributed by atoms with Gasteiger partial charge >= 0.3 is 0 Å². The van der Waals surface area contributed by atoms with E-state index < -0.39 is 0 Å². The molecule has 0 bridgehead atoms. The Balaban J connectivity index is 1.34. The summed E-state index contributed by atoms with van der Waals surface area (Å²) < 4.78 is 0. The molecule has 1 heterocycles. The zero-order valence-corrected chi connectivity index (χ0v) is 21.4. The minimum Gasteiger partial charge on any atom is -0.348 e. The van der Waals surface area contributed by atoms with Crippen LogP contribution in [0.25, 0.3) is 11.1 Å². The van der Waals surface area contributed by atoms with Crippen molar-refractivity contribution in [2.75, 3.05) is 14.1 Å². The van der Waals surface area contributed by atoms with Crippen molar-refractivity contribution in [2.45, 2.75) is 26.1 Å². The molecule has 0 aliphatic heterocycles. The second kappa shape index (κ2) is 12.1. The third kappa shape index (κ3) is 7.12. The molecule has 0 unspecified atom stereocenters. The maximum atomic E-state index is 12.8. The molecular formula is C31H32N4O2. The lowest BCUT2D eigenvalue weighted by Crippen LogP contribution is -2.27. The summed E-state index contributed by atoms with van der Waals surface area (Å²) in [6.45, 7) is 3.24. The highest BCUT2D eigenvalue weighted by Crippen LogP contribution is 2.20. The zero-order valence-electron chi connectivity index (χ0n) is 21.4. The lowest BCUT2D eigenvalue weighted by Gasteiger charge is -2.16. The van der Waals surface area contributed by atoms with E-state index in [0.717, 1.165) is 28.8 Å². The van der Waals surface area contributed by atoms with Gasteiger partial charge in [-0.25, -0.2) is 0 Å². The van der Waals surface area contributed by atoms with Gasteiger partial charge in [0.15, 0.2) is 0 Å². The van der Waals surface area contributed by atoms with E-state index in [4.69, 9.17) is 0 Å². The highest BCUT2D eigenvalue weighted by molar-refractivity contribution is 5.95. The van der Waals surface area contributed by atoms with Gasteiger partial charge in [0.1, 0.15) is 0 Å². The fourth-order valence-corrected chi connectivity index (χ4v) is 4.08. The van der Waals surface area contributed by atoms with E-state index in [0.29, 0.717) is 17.7 Å². The van der Waals surface area contributed by atoms with Gasteiger partial charge in [-0.2, -0.15) is 0 Å². The van der Waals surface area contributed by atoms with Crippen LogP contribution in [0.5, 0.6) is 0 Å². The van der Waals surface area contributed by atoms with Crippen LogP contribution in [0, 0.1) is 0 Å². The number of nitrogens with one attached hydrogen (secondary N) is 2. The largest absolute Gasteiger partial charge is 0.348 e. The van der Waals surface area contributed by atoms with E-state index in [2.05, 4.69) is 32.7 Å². The Morgan fingerprint density at radius 2 is 1.43 bits per heavy atom. The number of nitrogens with zero attached hydrogens (tertiary/aromatic N) is 2. The van der Waals surface area contributed by atoms with Crippen LogP contribution in [0.2, 0.25) is 0 Å². The maximum Gasteiger partial charge on any atom is 0.251 e. The fraction of sp³-hybridized carbons (Fsp3) is 0.194. The second-order valence-electron chi connectivity index (χ2n) is 9.37. The van der Waals surface area contributed by atoms with Crippen molar-refractivity contribution in [3.05, 3.63) is 125 Å². The summed E-state index contributed by atoms with van der Waals surface area (Å²) in [4.78, 5) is 31.8. The molecule has 3 aromatic carbocycles. The third-order valence-electron chi connectivity index (χ3n) is 6.13. The van der Waals surface area contributed by atoms with E-state index in [1.807, 2.05) is 87.7 Å². The van der Waals surface area contributed by atoms with Gasteiger partial charge in [-0.05, 0) is 85.2 Å². The van der Waals surface area contributed by atoms with Crippen molar-refractivity contribution in [1.29, 1.82) is 0 Å². The number of pyridine rings is 1.